The molecule has 0 radical (unpaired) electrons. The summed E-state index contributed by atoms with van der Waals surface area (Å²) in [7, 11) is 2.28. The number of fused-ring (bicyclic) bond motifs is 1. The third-order valence-corrected chi connectivity index (χ3v) is 4.96. The van der Waals surface area contributed by atoms with Gasteiger partial charge in [-0.25, -0.2) is 4.98 Å². The Balaban J connectivity index is 1.74. The van der Waals surface area contributed by atoms with Crippen LogP contribution in [0.4, 0.5) is 5.69 Å². The van der Waals surface area contributed by atoms with Gasteiger partial charge >= 0.3 is 0 Å². The van der Waals surface area contributed by atoms with Crippen molar-refractivity contribution in [2.24, 2.45) is 0 Å². The normalized spacial score (nSPS) is 10.7. The fourth-order valence-electron chi connectivity index (χ4n) is 3.04. The number of hydrogen-bond acceptors (Lipinski definition) is 6. The number of aromatic hydroxyl groups is 1. The monoisotopic (exact) mass is 418 g/mol. The van der Waals surface area contributed by atoms with E-state index in [2.05, 4.69) is 29.7 Å². The van der Waals surface area contributed by atoms with Gasteiger partial charge in [0.25, 0.3) is 11.5 Å². The van der Waals surface area contributed by atoms with Crippen LogP contribution >= 0.6 is 9.24 Å². The van der Waals surface area contributed by atoms with Gasteiger partial charge in [0.1, 0.15) is 11.8 Å². The number of carbonyl (C=O) groups excluding carboxylic acids is 1. The van der Waals surface area contributed by atoms with Gasteiger partial charge in [0.2, 0.25) is 0 Å². The molecule has 0 saturated heterocycles. The van der Waals surface area contributed by atoms with Crippen molar-refractivity contribution < 1.29 is 9.90 Å². The van der Waals surface area contributed by atoms with Crippen molar-refractivity contribution in [3.8, 4) is 11.8 Å². The summed E-state index contributed by atoms with van der Waals surface area (Å²) >= 11 is 0. The molecule has 4 rings (SSSR count). The number of nitriles is 1. The van der Waals surface area contributed by atoms with Crippen LogP contribution in [0.1, 0.15) is 21.6 Å². The molecule has 30 heavy (non-hydrogen) atoms. The van der Waals surface area contributed by atoms with Gasteiger partial charge in [0.05, 0.1) is 40.7 Å². The molecule has 1 unspecified atom stereocenters. The van der Waals surface area contributed by atoms with E-state index in [1.54, 1.807) is 30.5 Å². The van der Waals surface area contributed by atoms with Gasteiger partial charge in [0.15, 0.2) is 0 Å². The first-order valence-electron chi connectivity index (χ1n) is 8.78. The average Bonchev–Trinajstić information content (AvgIpc) is 3.25. The van der Waals surface area contributed by atoms with Gasteiger partial charge in [-0.1, -0.05) is 6.07 Å². The van der Waals surface area contributed by atoms with Gasteiger partial charge in [-0.15, -0.1) is 9.24 Å². The molecule has 0 saturated carbocycles. The SMILES string of the molecule is N#Cc1cc(C(=O)Nc2cccc3ncn(Cc4ccn[nH]4)c(=O)c23)cc(P)c1O. The number of amides is 1. The van der Waals surface area contributed by atoms with E-state index in [1.165, 1.54) is 23.0 Å². The van der Waals surface area contributed by atoms with Crippen LogP contribution in [0.3, 0.4) is 0 Å². The summed E-state index contributed by atoms with van der Waals surface area (Å²) in [4.78, 5) is 30.2. The second-order valence-corrected chi connectivity index (χ2v) is 7.11. The summed E-state index contributed by atoms with van der Waals surface area (Å²) in [6.45, 7) is 0.254. The molecule has 0 aliphatic carbocycles. The van der Waals surface area contributed by atoms with Gasteiger partial charge in [-0.05, 0) is 30.3 Å². The first-order valence-corrected chi connectivity index (χ1v) is 9.36. The highest BCUT2D eigenvalue weighted by Crippen LogP contribution is 2.22. The number of H-pyrrole nitrogens is 1. The summed E-state index contributed by atoms with van der Waals surface area (Å²) in [5, 5.41) is 29.0. The highest BCUT2D eigenvalue weighted by Gasteiger charge is 2.16. The summed E-state index contributed by atoms with van der Waals surface area (Å²) in [6, 6.07) is 11.3. The molecule has 4 aromatic rings. The van der Waals surface area contributed by atoms with Gasteiger partial charge in [-0.3, -0.25) is 19.3 Å². The maximum absolute atomic E-state index is 13.1. The second kappa shape index (κ2) is 7.78. The lowest BCUT2D eigenvalue weighted by Gasteiger charge is -2.11. The highest BCUT2D eigenvalue weighted by molar-refractivity contribution is 7.27. The van der Waals surface area contributed by atoms with Gasteiger partial charge in [-0.2, -0.15) is 10.4 Å². The number of aromatic amines is 1. The van der Waals surface area contributed by atoms with Crippen molar-refractivity contribution in [3.05, 3.63) is 76.1 Å². The zero-order valence-electron chi connectivity index (χ0n) is 15.5. The number of hydrogen-bond donors (Lipinski definition) is 3. The number of anilines is 1. The fraction of sp³-hybridized carbons (Fsp3) is 0.0500. The molecule has 10 heteroatoms. The first kappa shape index (κ1) is 19.3. The summed E-state index contributed by atoms with van der Waals surface area (Å²) in [6.07, 6.45) is 3.03. The predicted molar refractivity (Wildman–Crippen MR) is 114 cm³/mol. The Hall–Kier alpha value is -4.02. The lowest BCUT2D eigenvalue weighted by Crippen LogP contribution is -2.23. The van der Waals surface area contributed by atoms with E-state index in [-0.39, 0.29) is 34.4 Å². The molecule has 0 fully saturated rings. The molecule has 2 aromatic heterocycles. The van der Waals surface area contributed by atoms with Crippen LogP contribution in [0.15, 0.2) is 53.7 Å². The van der Waals surface area contributed by atoms with E-state index >= 15 is 0 Å². The smallest absolute Gasteiger partial charge is 0.263 e. The number of rotatable bonds is 4. The van der Waals surface area contributed by atoms with E-state index in [1.807, 2.05) is 6.07 Å². The van der Waals surface area contributed by atoms with Crippen molar-refractivity contribution in [1.82, 2.24) is 19.7 Å². The van der Waals surface area contributed by atoms with Gasteiger partial charge < -0.3 is 10.4 Å². The Labute approximate surface area is 172 Å². The van der Waals surface area contributed by atoms with Crippen molar-refractivity contribution in [2.45, 2.75) is 6.54 Å². The van der Waals surface area contributed by atoms with Crippen LogP contribution in [-0.4, -0.2) is 30.8 Å². The Bertz CT molecular complexity index is 1370. The third kappa shape index (κ3) is 3.52. The first-order chi connectivity index (χ1) is 14.5. The Morgan fingerprint density at radius 3 is 2.90 bits per heavy atom. The Morgan fingerprint density at radius 2 is 2.17 bits per heavy atom. The van der Waals surface area contributed by atoms with Crippen LogP contribution < -0.4 is 16.2 Å². The second-order valence-electron chi connectivity index (χ2n) is 6.49. The molecule has 0 aliphatic rings. The molecule has 0 bridgehead atoms. The van der Waals surface area contributed by atoms with Crippen LogP contribution in [0, 0.1) is 11.3 Å². The molecule has 148 valence electrons. The number of benzene rings is 2. The Kier molecular flexibility index (Phi) is 5.00. The third-order valence-electron chi connectivity index (χ3n) is 4.52. The molecule has 3 N–H and O–H groups in total. The zero-order chi connectivity index (χ0) is 21.3. The van der Waals surface area contributed by atoms with E-state index in [0.29, 0.717) is 16.5 Å². The van der Waals surface area contributed by atoms with Crippen molar-refractivity contribution >= 4 is 37.0 Å². The van der Waals surface area contributed by atoms with Crippen LogP contribution in [0.5, 0.6) is 5.75 Å². The summed E-state index contributed by atoms with van der Waals surface area (Å²) in [5.41, 5.74) is 1.31. The highest BCUT2D eigenvalue weighted by atomic mass is 31.0. The maximum Gasteiger partial charge on any atom is 0.263 e. The number of nitrogens with one attached hydrogen (secondary N) is 2. The van der Waals surface area contributed by atoms with E-state index in [4.69, 9.17) is 5.26 Å². The standard InChI is InChI=1S/C20H15N6O3P/c21-8-12-6-11(7-16(30)18(12)27)19(28)24-15-3-1-2-14-17(15)20(29)26(10-22-14)9-13-4-5-23-25-13/h1-7,10,27H,9,30H2,(H,23,25)(H,24,28). The van der Waals surface area contributed by atoms with Crippen LogP contribution in [-0.2, 0) is 6.54 Å². The molecular weight excluding hydrogens is 403 g/mol. The van der Waals surface area contributed by atoms with Crippen molar-refractivity contribution in [1.29, 1.82) is 5.26 Å². The molecule has 2 aromatic carbocycles. The van der Waals surface area contributed by atoms with E-state index < -0.39 is 5.91 Å². The molecule has 0 spiro atoms. The predicted octanol–water partition coefficient (Wildman–Crippen LogP) is 1.50. The quantitative estimate of drug-likeness (QED) is 0.430. The minimum absolute atomic E-state index is 0.0193. The molecule has 2 heterocycles. The van der Waals surface area contributed by atoms with Gasteiger partial charge in [0, 0.05) is 17.1 Å². The number of phenolic OH excluding ortho intramolecular Hbond substituents is 1. The number of phenols is 1. The van der Waals surface area contributed by atoms with Crippen LogP contribution in [0.2, 0.25) is 0 Å². The molecule has 1 atom stereocenters. The fourth-order valence-corrected chi connectivity index (χ4v) is 3.38. The molecular formula is C20H15N6O3P. The summed E-state index contributed by atoms with van der Waals surface area (Å²) in [5.74, 6) is -0.721. The lowest BCUT2D eigenvalue weighted by atomic mass is 10.1. The van der Waals surface area contributed by atoms with E-state index in [0.717, 1.165) is 5.69 Å². The topological polar surface area (TPSA) is 137 Å². The largest absolute Gasteiger partial charge is 0.506 e. The van der Waals surface area contributed by atoms with Crippen molar-refractivity contribution in [3.63, 3.8) is 0 Å². The minimum Gasteiger partial charge on any atom is -0.506 e. The molecule has 9 nitrogen and oxygen atoms in total. The number of aromatic nitrogens is 4. The maximum atomic E-state index is 13.1. The average molecular weight is 418 g/mol. The van der Waals surface area contributed by atoms with E-state index in [9.17, 15) is 14.7 Å². The Morgan fingerprint density at radius 1 is 1.33 bits per heavy atom. The van der Waals surface area contributed by atoms with Crippen LogP contribution in [0.25, 0.3) is 10.9 Å². The zero-order valence-corrected chi connectivity index (χ0v) is 16.6. The minimum atomic E-state index is -0.522. The molecule has 0 aliphatic heterocycles. The van der Waals surface area contributed by atoms with Crippen molar-refractivity contribution in [2.75, 3.05) is 5.32 Å². The number of nitrogens with zero attached hydrogens (tertiary/aromatic N) is 4. The lowest BCUT2D eigenvalue weighted by molar-refractivity contribution is 0.102. The number of carbonyl (C=O) groups is 1. The summed E-state index contributed by atoms with van der Waals surface area (Å²) < 4.78 is 1.42. The molecule has 1 amide bonds.